The van der Waals surface area contributed by atoms with Crippen LogP contribution in [0.5, 0.6) is 0 Å². The van der Waals surface area contributed by atoms with E-state index in [4.69, 9.17) is 0 Å². The van der Waals surface area contributed by atoms with E-state index in [0.717, 1.165) is 0 Å². The van der Waals surface area contributed by atoms with Gasteiger partial charge in [0.05, 0.1) is 0 Å². The molecule has 1 heteroatoms. The normalized spacial score (nSPS) is 34.8. The summed E-state index contributed by atoms with van der Waals surface area (Å²) in [7, 11) is 2.03. The monoisotopic (exact) mass is 283 g/mol. The maximum Gasteiger partial charge on any atom is 0.0103 e. The van der Waals surface area contributed by atoms with Gasteiger partial charge in [-0.2, -0.15) is 0 Å². The lowest BCUT2D eigenvalue weighted by Crippen LogP contribution is -2.51. The Morgan fingerprint density at radius 3 is 2.76 bits per heavy atom. The third-order valence-electron chi connectivity index (χ3n) is 6.50. The fourth-order valence-corrected chi connectivity index (χ4v) is 5.22. The maximum atomic E-state index is 4.35. The van der Waals surface area contributed by atoms with Crippen molar-refractivity contribution in [2.24, 2.45) is 11.3 Å². The number of aryl methyl sites for hydroxylation is 2. The van der Waals surface area contributed by atoms with Crippen LogP contribution in [0.2, 0.25) is 0 Å². The summed E-state index contributed by atoms with van der Waals surface area (Å²) in [5, 5.41) is 3.37. The molecule has 3 atom stereocenters. The third-order valence-corrected chi connectivity index (χ3v) is 6.50. The Balaban J connectivity index is 2.10. The zero-order valence-corrected chi connectivity index (χ0v) is 14.1. The van der Waals surface area contributed by atoms with Crippen LogP contribution < -0.4 is 5.32 Å². The second kappa shape index (κ2) is 4.90. The first-order valence-corrected chi connectivity index (χ1v) is 8.39. The van der Waals surface area contributed by atoms with Crippen molar-refractivity contribution >= 4 is 0 Å². The van der Waals surface area contributed by atoms with E-state index in [2.05, 4.69) is 50.9 Å². The van der Waals surface area contributed by atoms with Gasteiger partial charge in [-0.1, -0.05) is 50.6 Å². The molecule has 1 N–H and O–H groups in total. The number of rotatable bonds is 2. The minimum Gasteiger partial charge on any atom is -0.391 e. The topological polar surface area (TPSA) is 12.0 Å². The van der Waals surface area contributed by atoms with Crippen molar-refractivity contribution in [1.82, 2.24) is 5.32 Å². The van der Waals surface area contributed by atoms with E-state index >= 15 is 0 Å². The lowest BCUT2D eigenvalue weighted by atomic mass is 9.49. The summed E-state index contributed by atoms with van der Waals surface area (Å²) in [5.41, 5.74) is 6.37. The molecular formula is C20H29N. The summed E-state index contributed by atoms with van der Waals surface area (Å²) in [5.74, 6) is 0.702. The molecule has 0 amide bonds. The molecule has 3 rings (SSSR count). The maximum absolute atomic E-state index is 4.35. The fourth-order valence-electron chi connectivity index (χ4n) is 5.22. The van der Waals surface area contributed by atoms with E-state index in [0.29, 0.717) is 11.3 Å². The highest BCUT2D eigenvalue weighted by Crippen LogP contribution is 2.59. The van der Waals surface area contributed by atoms with Crippen molar-refractivity contribution in [2.75, 3.05) is 7.05 Å². The average Bonchev–Trinajstić information content (AvgIpc) is 2.46. The van der Waals surface area contributed by atoms with Gasteiger partial charge in [0.1, 0.15) is 0 Å². The zero-order chi connectivity index (χ0) is 15.3. The van der Waals surface area contributed by atoms with Crippen LogP contribution in [-0.4, -0.2) is 7.05 Å². The number of fused-ring (bicyclic) bond motifs is 3. The molecule has 1 nitrogen and oxygen atoms in total. The van der Waals surface area contributed by atoms with Crippen LogP contribution in [0.25, 0.3) is 0 Å². The van der Waals surface area contributed by atoms with E-state index in [1.807, 2.05) is 7.05 Å². The number of benzene rings is 1. The van der Waals surface area contributed by atoms with Gasteiger partial charge >= 0.3 is 0 Å². The summed E-state index contributed by atoms with van der Waals surface area (Å²) < 4.78 is 0. The minimum atomic E-state index is 0.225. The number of nitrogens with one attached hydrogen (secondary N) is 1. The molecule has 1 aromatic rings. The smallest absolute Gasteiger partial charge is 0.0103 e. The van der Waals surface area contributed by atoms with Crippen LogP contribution in [0, 0.1) is 18.3 Å². The Morgan fingerprint density at radius 2 is 2.05 bits per heavy atom. The van der Waals surface area contributed by atoms with Gasteiger partial charge in [0.2, 0.25) is 0 Å². The Kier molecular flexibility index (Phi) is 3.43. The molecule has 0 aliphatic heterocycles. The lowest BCUT2D eigenvalue weighted by Gasteiger charge is -2.56. The van der Waals surface area contributed by atoms with Crippen molar-refractivity contribution in [3.8, 4) is 0 Å². The van der Waals surface area contributed by atoms with Crippen LogP contribution in [-0.2, 0) is 11.8 Å². The van der Waals surface area contributed by atoms with Crippen LogP contribution >= 0.6 is 0 Å². The first-order valence-electron chi connectivity index (χ1n) is 8.39. The summed E-state index contributed by atoms with van der Waals surface area (Å²) >= 11 is 0. The number of hydrogen-bond acceptors (Lipinski definition) is 1. The lowest BCUT2D eigenvalue weighted by molar-refractivity contribution is 0.0502. The molecular weight excluding hydrogens is 254 g/mol. The van der Waals surface area contributed by atoms with Gasteiger partial charge in [-0.15, -0.1) is 0 Å². The Labute approximate surface area is 129 Å². The van der Waals surface area contributed by atoms with Gasteiger partial charge in [0, 0.05) is 18.2 Å². The van der Waals surface area contributed by atoms with Crippen molar-refractivity contribution in [2.45, 2.75) is 58.3 Å². The number of hydrogen-bond donors (Lipinski definition) is 1. The van der Waals surface area contributed by atoms with Crippen molar-refractivity contribution < 1.29 is 0 Å². The van der Waals surface area contributed by atoms with Gasteiger partial charge in [-0.3, -0.25) is 0 Å². The van der Waals surface area contributed by atoms with Gasteiger partial charge in [0.25, 0.3) is 0 Å². The van der Waals surface area contributed by atoms with Crippen LogP contribution in [0.4, 0.5) is 0 Å². The first-order chi connectivity index (χ1) is 9.91. The minimum absolute atomic E-state index is 0.225. The highest BCUT2D eigenvalue weighted by molar-refractivity contribution is 5.42. The standard InChI is InChI=1S/C20H29N/c1-14-7-8-16-9-10-18-19(3,15(2)21-5)11-6-12-20(18,4)17(16)13-14/h7-8,13,18,21H,2,6,9-12H2,1,3-5H3/t18?,19-,20?/m1/s1. The molecule has 0 heterocycles. The van der Waals surface area contributed by atoms with E-state index in [1.165, 1.54) is 43.4 Å². The molecule has 0 bridgehead atoms. The highest BCUT2D eigenvalue weighted by atomic mass is 14.9. The Bertz CT molecular complexity index is 573. The SMILES string of the molecule is C=C(NC)[C@@]1(C)CCCC2(C)c3cc(C)ccc3CCC21. The van der Waals surface area contributed by atoms with E-state index in [9.17, 15) is 0 Å². The molecule has 2 unspecified atom stereocenters. The van der Waals surface area contributed by atoms with Crippen molar-refractivity contribution in [3.63, 3.8) is 0 Å². The predicted octanol–water partition coefficient (Wildman–Crippen LogP) is 4.74. The molecule has 0 aromatic heterocycles. The second-order valence-electron chi connectivity index (χ2n) is 7.67. The van der Waals surface area contributed by atoms with E-state index < -0.39 is 0 Å². The highest BCUT2D eigenvalue weighted by Gasteiger charge is 2.52. The first kappa shape index (κ1) is 14.7. The molecule has 0 spiro atoms. The third kappa shape index (κ3) is 2.05. The molecule has 0 saturated heterocycles. The van der Waals surface area contributed by atoms with Gasteiger partial charge in [-0.25, -0.2) is 0 Å². The van der Waals surface area contributed by atoms with Gasteiger partial charge in [-0.05, 0) is 55.1 Å². The summed E-state index contributed by atoms with van der Waals surface area (Å²) in [6.07, 6.45) is 6.42. The molecule has 1 saturated carbocycles. The van der Waals surface area contributed by atoms with E-state index in [-0.39, 0.29) is 5.41 Å². The molecule has 2 aliphatic rings. The number of allylic oxidation sites excluding steroid dienone is 1. The Hall–Kier alpha value is -1.24. The average molecular weight is 283 g/mol. The summed E-state index contributed by atoms with van der Waals surface area (Å²) in [4.78, 5) is 0. The molecule has 1 aromatic carbocycles. The van der Waals surface area contributed by atoms with Gasteiger partial charge < -0.3 is 5.32 Å². The molecule has 114 valence electrons. The zero-order valence-electron chi connectivity index (χ0n) is 14.1. The molecule has 2 aliphatic carbocycles. The van der Waals surface area contributed by atoms with Crippen LogP contribution in [0.1, 0.15) is 56.2 Å². The van der Waals surface area contributed by atoms with Crippen LogP contribution in [0.3, 0.4) is 0 Å². The quantitative estimate of drug-likeness (QED) is 0.826. The Morgan fingerprint density at radius 1 is 1.29 bits per heavy atom. The second-order valence-corrected chi connectivity index (χ2v) is 7.67. The largest absolute Gasteiger partial charge is 0.391 e. The summed E-state index contributed by atoms with van der Waals surface area (Å²) in [6.45, 7) is 11.5. The fraction of sp³-hybridized carbons (Fsp3) is 0.600. The van der Waals surface area contributed by atoms with Crippen molar-refractivity contribution in [3.05, 3.63) is 47.2 Å². The van der Waals surface area contributed by atoms with E-state index in [1.54, 1.807) is 11.1 Å². The summed E-state index contributed by atoms with van der Waals surface area (Å²) in [6, 6.07) is 7.09. The van der Waals surface area contributed by atoms with Crippen LogP contribution in [0.15, 0.2) is 30.5 Å². The van der Waals surface area contributed by atoms with Crippen molar-refractivity contribution in [1.29, 1.82) is 0 Å². The molecule has 21 heavy (non-hydrogen) atoms. The van der Waals surface area contributed by atoms with Gasteiger partial charge in [0.15, 0.2) is 0 Å². The molecule has 1 fully saturated rings. The predicted molar refractivity (Wildman–Crippen MR) is 90.5 cm³/mol. The molecule has 0 radical (unpaired) electrons.